The Morgan fingerprint density at radius 2 is 0.641 bits per heavy atom. The van der Waals surface area contributed by atoms with Gasteiger partial charge in [0.1, 0.15) is 22.3 Å². The minimum Gasteiger partial charge on any atom is -0.456 e. The van der Waals surface area contributed by atoms with Crippen LogP contribution in [0.1, 0.15) is 0 Å². The number of furan rings is 2. The van der Waals surface area contributed by atoms with Crippen LogP contribution in [0.4, 0.5) is 0 Å². The molecule has 0 bridgehead atoms. The van der Waals surface area contributed by atoms with Crippen LogP contribution in [0.5, 0.6) is 0 Å². The van der Waals surface area contributed by atoms with Gasteiger partial charge >= 0.3 is 0 Å². The summed E-state index contributed by atoms with van der Waals surface area (Å²) in [6.45, 7) is 0. The Morgan fingerprint density at radius 1 is 0.281 bits per heavy atom. The Bertz CT molecular complexity index is 3850. The van der Waals surface area contributed by atoms with Crippen LogP contribution in [0.15, 0.2) is 215 Å². The SMILES string of the molecule is c1ccc2c(c1)oc1ccc(-c3cc(-c4ccc5oc6ccccc6c5c4)nc(-c4cc(-n5c6ccccc6c6ccccc65)cc(-n5c6ccccc6c6ccccc65)c4)n3)cc12. The number of fused-ring (bicyclic) bond motifs is 12. The molecule has 6 heteroatoms. The standard InChI is InChI=1S/C58H34N4O2/c1-7-19-50-40(13-1)41-14-2-8-20-51(41)61(50)38-29-37(30-39(33-38)62-52-21-9-3-15-42(52)43-16-4-10-22-53(43)62)58-59-48(35-25-27-56-46(31-35)44-17-5-11-23-54(44)63-56)34-49(60-58)36-26-28-57-47(32-36)45-18-6-12-24-55(45)64-57/h1-34H. The van der Waals surface area contributed by atoms with Crippen molar-refractivity contribution in [3.63, 3.8) is 0 Å². The first-order valence-electron chi connectivity index (χ1n) is 21.6. The zero-order valence-electron chi connectivity index (χ0n) is 34.2. The lowest BCUT2D eigenvalue weighted by atomic mass is 10.0. The molecule has 5 aromatic heterocycles. The van der Waals surface area contributed by atoms with E-state index in [1.165, 1.54) is 21.5 Å². The summed E-state index contributed by atoms with van der Waals surface area (Å²) < 4.78 is 17.3. The van der Waals surface area contributed by atoms with Gasteiger partial charge in [0.15, 0.2) is 5.82 Å². The Labute approximate surface area is 365 Å². The molecule has 0 aliphatic carbocycles. The summed E-state index contributed by atoms with van der Waals surface area (Å²) in [5.74, 6) is 0.617. The van der Waals surface area contributed by atoms with Gasteiger partial charge in [0.2, 0.25) is 0 Å². The Balaban J connectivity index is 1.07. The average Bonchev–Trinajstić information content (AvgIpc) is 4.11. The molecular weight excluding hydrogens is 785 g/mol. The summed E-state index contributed by atoms with van der Waals surface area (Å²) in [5, 5.41) is 9.03. The Morgan fingerprint density at radius 3 is 1.06 bits per heavy atom. The van der Waals surface area contributed by atoms with Crippen LogP contribution in [0.3, 0.4) is 0 Å². The number of hydrogen-bond donors (Lipinski definition) is 0. The minimum atomic E-state index is 0.617. The fourth-order valence-electron chi connectivity index (χ4n) is 10.0. The maximum Gasteiger partial charge on any atom is 0.160 e. The molecule has 0 radical (unpaired) electrons. The summed E-state index contributed by atoms with van der Waals surface area (Å²) in [6, 6.07) is 72.7. The molecule has 0 saturated carbocycles. The van der Waals surface area contributed by atoms with Crippen LogP contribution < -0.4 is 0 Å². The highest BCUT2D eigenvalue weighted by Crippen LogP contribution is 2.40. The first kappa shape index (κ1) is 34.9. The number of para-hydroxylation sites is 6. The maximum atomic E-state index is 6.27. The molecule has 0 N–H and O–H groups in total. The van der Waals surface area contributed by atoms with Crippen LogP contribution in [-0.4, -0.2) is 19.1 Å². The van der Waals surface area contributed by atoms with Gasteiger partial charge in [-0.05, 0) is 97.1 Å². The van der Waals surface area contributed by atoms with Gasteiger partial charge in [-0.3, -0.25) is 0 Å². The summed E-state index contributed by atoms with van der Waals surface area (Å²) in [4.78, 5) is 11.0. The van der Waals surface area contributed by atoms with Gasteiger partial charge in [-0.15, -0.1) is 0 Å². The van der Waals surface area contributed by atoms with Crippen molar-refractivity contribution >= 4 is 87.5 Å². The molecule has 14 rings (SSSR count). The van der Waals surface area contributed by atoms with Crippen molar-refractivity contribution in [2.45, 2.75) is 0 Å². The van der Waals surface area contributed by atoms with E-state index in [0.29, 0.717) is 5.82 Å². The molecule has 0 amide bonds. The van der Waals surface area contributed by atoms with Crippen molar-refractivity contribution in [2.24, 2.45) is 0 Å². The molecule has 298 valence electrons. The van der Waals surface area contributed by atoms with Gasteiger partial charge in [-0.2, -0.15) is 0 Å². The van der Waals surface area contributed by atoms with Crippen LogP contribution in [0, 0.1) is 0 Å². The van der Waals surface area contributed by atoms with Gasteiger partial charge < -0.3 is 18.0 Å². The quantitative estimate of drug-likeness (QED) is 0.174. The summed E-state index contributed by atoms with van der Waals surface area (Å²) >= 11 is 0. The molecule has 9 aromatic carbocycles. The molecule has 0 spiro atoms. The van der Waals surface area contributed by atoms with E-state index in [9.17, 15) is 0 Å². The maximum absolute atomic E-state index is 6.27. The van der Waals surface area contributed by atoms with E-state index in [-0.39, 0.29) is 0 Å². The predicted octanol–water partition coefficient (Wildman–Crippen LogP) is 15.5. The number of hydrogen-bond acceptors (Lipinski definition) is 4. The van der Waals surface area contributed by atoms with Gasteiger partial charge in [0.25, 0.3) is 0 Å². The van der Waals surface area contributed by atoms with Crippen molar-refractivity contribution in [2.75, 3.05) is 0 Å². The second-order valence-corrected chi connectivity index (χ2v) is 16.6. The van der Waals surface area contributed by atoms with E-state index < -0.39 is 0 Å². The zero-order chi connectivity index (χ0) is 41.9. The third-order valence-electron chi connectivity index (χ3n) is 12.9. The highest BCUT2D eigenvalue weighted by Gasteiger charge is 2.20. The monoisotopic (exact) mass is 818 g/mol. The molecule has 14 aromatic rings. The third kappa shape index (κ3) is 5.20. The van der Waals surface area contributed by atoms with Crippen molar-refractivity contribution < 1.29 is 8.83 Å². The van der Waals surface area contributed by atoms with Crippen LogP contribution >= 0.6 is 0 Å². The molecular formula is C58H34N4O2. The van der Waals surface area contributed by atoms with Gasteiger partial charge in [-0.1, -0.05) is 109 Å². The summed E-state index contributed by atoms with van der Waals surface area (Å²) in [6.07, 6.45) is 0. The lowest BCUT2D eigenvalue weighted by molar-refractivity contribution is 0.668. The number of aromatic nitrogens is 4. The third-order valence-corrected chi connectivity index (χ3v) is 12.9. The van der Waals surface area contributed by atoms with E-state index in [1.807, 2.05) is 24.3 Å². The molecule has 64 heavy (non-hydrogen) atoms. The molecule has 0 atom stereocenters. The lowest BCUT2D eigenvalue weighted by Crippen LogP contribution is -2.02. The van der Waals surface area contributed by atoms with E-state index >= 15 is 0 Å². The minimum absolute atomic E-state index is 0.617. The first-order valence-corrected chi connectivity index (χ1v) is 21.6. The van der Waals surface area contributed by atoms with E-state index in [2.05, 4.69) is 191 Å². The van der Waals surface area contributed by atoms with E-state index in [1.54, 1.807) is 0 Å². The van der Waals surface area contributed by atoms with Crippen LogP contribution in [0.25, 0.3) is 133 Å². The highest BCUT2D eigenvalue weighted by molar-refractivity contribution is 6.11. The predicted molar refractivity (Wildman–Crippen MR) is 262 cm³/mol. The van der Waals surface area contributed by atoms with Crippen LogP contribution in [-0.2, 0) is 0 Å². The van der Waals surface area contributed by atoms with Crippen molar-refractivity contribution in [1.82, 2.24) is 19.1 Å². The molecule has 0 aliphatic rings. The van der Waals surface area contributed by atoms with Crippen molar-refractivity contribution in [3.05, 3.63) is 206 Å². The van der Waals surface area contributed by atoms with Crippen molar-refractivity contribution in [3.8, 4) is 45.3 Å². The fourth-order valence-corrected chi connectivity index (χ4v) is 10.0. The molecule has 0 unspecified atom stereocenters. The van der Waals surface area contributed by atoms with E-state index in [4.69, 9.17) is 18.8 Å². The lowest BCUT2D eigenvalue weighted by Gasteiger charge is -2.16. The molecule has 5 heterocycles. The molecule has 0 saturated heterocycles. The Hall–Kier alpha value is -8.74. The van der Waals surface area contributed by atoms with Gasteiger partial charge in [0, 0.05) is 71.2 Å². The highest BCUT2D eigenvalue weighted by atomic mass is 16.3. The second-order valence-electron chi connectivity index (χ2n) is 16.6. The topological polar surface area (TPSA) is 61.9 Å². The normalized spacial score (nSPS) is 12.1. The largest absolute Gasteiger partial charge is 0.456 e. The zero-order valence-corrected chi connectivity index (χ0v) is 34.2. The molecule has 0 aliphatic heterocycles. The number of benzene rings is 9. The van der Waals surface area contributed by atoms with E-state index in [0.717, 1.165) is 105 Å². The van der Waals surface area contributed by atoms with Crippen molar-refractivity contribution in [1.29, 1.82) is 0 Å². The van der Waals surface area contributed by atoms with Crippen LogP contribution in [0.2, 0.25) is 0 Å². The number of nitrogens with zero attached hydrogens (tertiary/aromatic N) is 4. The fraction of sp³-hybridized carbons (Fsp3) is 0. The first-order chi connectivity index (χ1) is 31.7. The average molecular weight is 819 g/mol. The molecule has 0 fully saturated rings. The Kier molecular flexibility index (Phi) is 7.30. The number of rotatable bonds is 5. The van der Waals surface area contributed by atoms with Gasteiger partial charge in [-0.25, -0.2) is 9.97 Å². The summed E-state index contributed by atoms with van der Waals surface area (Å²) in [5.41, 5.74) is 14.4. The van der Waals surface area contributed by atoms with Gasteiger partial charge in [0.05, 0.1) is 33.5 Å². The molecule has 6 nitrogen and oxygen atoms in total. The smallest absolute Gasteiger partial charge is 0.160 e. The summed E-state index contributed by atoms with van der Waals surface area (Å²) in [7, 11) is 0. The second kappa shape index (κ2) is 13.4.